The van der Waals surface area contributed by atoms with Gasteiger partial charge in [-0.15, -0.1) is 12.4 Å². The van der Waals surface area contributed by atoms with Crippen molar-refractivity contribution in [2.24, 2.45) is 5.73 Å². The summed E-state index contributed by atoms with van der Waals surface area (Å²) >= 11 is 5.96. The summed E-state index contributed by atoms with van der Waals surface area (Å²) in [6.07, 6.45) is 1.62. The van der Waals surface area contributed by atoms with Gasteiger partial charge < -0.3 is 20.2 Å². The van der Waals surface area contributed by atoms with Gasteiger partial charge in [0.2, 0.25) is 0 Å². The number of rotatable bonds is 7. The van der Waals surface area contributed by atoms with Crippen LogP contribution in [-0.2, 0) is 17.9 Å². The van der Waals surface area contributed by atoms with Gasteiger partial charge in [-0.3, -0.25) is 4.79 Å². The molecule has 7 heteroatoms. The second kappa shape index (κ2) is 8.56. The summed E-state index contributed by atoms with van der Waals surface area (Å²) in [5.74, 6) is 0.904. The van der Waals surface area contributed by atoms with Crippen molar-refractivity contribution in [3.63, 3.8) is 0 Å². The van der Waals surface area contributed by atoms with E-state index in [-0.39, 0.29) is 19.0 Å². The molecule has 1 heterocycles. The number of furan rings is 1. The summed E-state index contributed by atoms with van der Waals surface area (Å²) in [5.41, 5.74) is 5.92. The number of nitrogens with one attached hydrogen (secondary N) is 1. The fourth-order valence-electron chi connectivity index (χ4n) is 1.71. The minimum absolute atomic E-state index is 0. The number of carbonyl (C=O) groups is 1. The van der Waals surface area contributed by atoms with Crippen LogP contribution < -0.4 is 15.8 Å². The van der Waals surface area contributed by atoms with Gasteiger partial charge in [-0.05, 0) is 30.3 Å². The Morgan fingerprint density at radius 3 is 2.81 bits per heavy atom. The first-order valence-electron chi connectivity index (χ1n) is 6.08. The largest absolute Gasteiger partial charge is 0.483 e. The summed E-state index contributed by atoms with van der Waals surface area (Å²) in [4.78, 5) is 10.8. The van der Waals surface area contributed by atoms with Crippen LogP contribution >= 0.6 is 24.0 Å². The summed E-state index contributed by atoms with van der Waals surface area (Å²) in [6, 6.07) is 8.92. The van der Waals surface area contributed by atoms with Crippen molar-refractivity contribution in [2.75, 3.05) is 6.61 Å². The van der Waals surface area contributed by atoms with Gasteiger partial charge in [-0.25, -0.2) is 0 Å². The zero-order valence-corrected chi connectivity index (χ0v) is 12.7. The van der Waals surface area contributed by atoms with Gasteiger partial charge in [-0.1, -0.05) is 11.6 Å². The molecular formula is C14H16Cl2N2O3. The molecule has 0 aliphatic rings. The zero-order chi connectivity index (χ0) is 14.4. The first-order valence-corrected chi connectivity index (χ1v) is 6.45. The Morgan fingerprint density at radius 1 is 1.33 bits per heavy atom. The van der Waals surface area contributed by atoms with E-state index in [1.165, 1.54) is 0 Å². The average Bonchev–Trinajstić information content (AvgIpc) is 2.91. The van der Waals surface area contributed by atoms with E-state index >= 15 is 0 Å². The van der Waals surface area contributed by atoms with E-state index in [1.54, 1.807) is 24.5 Å². The van der Waals surface area contributed by atoms with Crippen LogP contribution in [0.5, 0.6) is 5.75 Å². The summed E-state index contributed by atoms with van der Waals surface area (Å²) in [7, 11) is 0. The van der Waals surface area contributed by atoms with Gasteiger partial charge in [-0.2, -0.15) is 0 Å². The number of hydrogen-bond acceptors (Lipinski definition) is 4. The Bertz CT molecular complexity index is 574. The lowest BCUT2D eigenvalue weighted by molar-refractivity contribution is -0.119. The Labute approximate surface area is 133 Å². The number of ether oxygens (including phenoxy) is 1. The molecule has 2 aromatic rings. The third-order valence-corrected chi connectivity index (χ3v) is 2.82. The molecule has 2 rings (SSSR count). The van der Waals surface area contributed by atoms with Gasteiger partial charge in [0, 0.05) is 17.1 Å². The van der Waals surface area contributed by atoms with Gasteiger partial charge in [0.25, 0.3) is 5.91 Å². The molecule has 1 amide bonds. The van der Waals surface area contributed by atoms with Crippen LogP contribution in [0, 0.1) is 0 Å². The molecule has 0 aliphatic heterocycles. The van der Waals surface area contributed by atoms with Gasteiger partial charge in [0.1, 0.15) is 11.5 Å². The highest BCUT2D eigenvalue weighted by molar-refractivity contribution is 6.30. The first-order chi connectivity index (χ1) is 9.65. The van der Waals surface area contributed by atoms with Gasteiger partial charge in [0.15, 0.2) is 6.61 Å². The lowest BCUT2D eigenvalue weighted by atomic mass is 10.2. The van der Waals surface area contributed by atoms with E-state index in [9.17, 15) is 4.79 Å². The topological polar surface area (TPSA) is 77.5 Å². The highest BCUT2D eigenvalue weighted by Gasteiger charge is 2.06. The van der Waals surface area contributed by atoms with Crippen LogP contribution in [0.25, 0.3) is 0 Å². The number of carbonyl (C=O) groups excluding carboxylic acids is 1. The van der Waals surface area contributed by atoms with Crippen molar-refractivity contribution < 1.29 is 13.9 Å². The van der Waals surface area contributed by atoms with Crippen molar-refractivity contribution in [1.29, 1.82) is 0 Å². The Hall–Kier alpha value is -1.69. The number of benzene rings is 1. The summed E-state index contributed by atoms with van der Waals surface area (Å²) in [5, 5.41) is 3.81. The van der Waals surface area contributed by atoms with Crippen LogP contribution in [0.1, 0.15) is 11.3 Å². The first kappa shape index (κ1) is 17.4. The third kappa shape index (κ3) is 5.67. The van der Waals surface area contributed by atoms with Gasteiger partial charge >= 0.3 is 0 Å². The maximum Gasteiger partial charge on any atom is 0.255 e. The molecule has 0 unspecified atom stereocenters. The Balaban J connectivity index is 0.00000220. The molecule has 0 bridgehead atoms. The average molecular weight is 331 g/mol. The molecule has 114 valence electrons. The minimum Gasteiger partial charge on any atom is -0.483 e. The fourth-order valence-corrected chi connectivity index (χ4v) is 1.90. The van der Waals surface area contributed by atoms with Crippen LogP contribution in [0.4, 0.5) is 0 Å². The molecule has 21 heavy (non-hydrogen) atoms. The second-order valence-corrected chi connectivity index (χ2v) is 4.63. The fraction of sp³-hybridized carbons (Fsp3) is 0.214. The van der Waals surface area contributed by atoms with Gasteiger partial charge in [0.05, 0.1) is 12.8 Å². The molecule has 3 N–H and O–H groups in total. The number of nitrogens with two attached hydrogens (primary N) is 1. The second-order valence-electron chi connectivity index (χ2n) is 4.19. The molecule has 1 aromatic carbocycles. The van der Waals surface area contributed by atoms with Crippen molar-refractivity contribution in [1.82, 2.24) is 5.32 Å². The third-order valence-electron chi connectivity index (χ3n) is 2.59. The highest BCUT2D eigenvalue weighted by atomic mass is 35.5. The van der Waals surface area contributed by atoms with Crippen LogP contribution in [0.3, 0.4) is 0 Å². The van der Waals surface area contributed by atoms with E-state index in [1.807, 2.05) is 12.1 Å². The molecule has 0 saturated heterocycles. The summed E-state index contributed by atoms with van der Waals surface area (Å²) < 4.78 is 10.6. The van der Waals surface area contributed by atoms with E-state index < -0.39 is 5.91 Å². The normalized spacial score (nSPS) is 9.95. The lowest BCUT2D eigenvalue weighted by Crippen LogP contribution is -2.21. The predicted molar refractivity (Wildman–Crippen MR) is 82.6 cm³/mol. The van der Waals surface area contributed by atoms with Crippen molar-refractivity contribution >= 4 is 29.9 Å². The number of amides is 1. The highest BCUT2D eigenvalue weighted by Crippen LogP contribution is 2.23. The number of primary amides is 1. The predicted octanol–water partition coefficient (Wildman–Crippen LogP) is 2.51. The summed E-state index contributed by atoms with van der Waals surface area (Å²) in [6.45, 7) is 0.969. The molecule has 0 aliphatic carbocycles. The quantitative estimate of drug-likeness (QED) is 0.817. The molecule has 5 nitrogen and oxygen atoms in total. The molecule has 0 atom stereocenters. The van der Waals surface area contributed by atoms with E-state index in [2.05, 4.69) is 5.32 Å². The van der Waals surface area contributed by atoms with E-state index in [4.69, 9.17) is 26.5 Å². The monoisotopic (exact) mass is 330 g/mol. The molecule has 1 aromatic heterocycles. The SMILES string of the molecule is Cl.NC(=O)COc1ccc(Cl)cc1CNCc1ccco1. The van der Waals surface area contributed by atoms with Crippen LogP contribution in [0.2, 0.25) is 5.02 Å². The molecule has 0 saturated carbocycles. The maximum absolute atomic E-state index is 10.8. The standard InChI is InChI=1S/C14H15ClN2O3.ClH/c15-11-3-4-13(20-9-14(16)18)10(6-11)7-17-8-12-2-1-5-19-12;/h1-6,17H,7-9H2,(H2,16,18);1H. The maximum atomic E-state index is 10.8. The Morgan fingerprint density at radius 2 is 2.14 bits per heavy atom. The molecule has 0 radical (unpaired) electrons. The van der Waals surface area contributed by atoms with Crippen molar-refractivity contribution in [3.8, 4) is 5.75 Å². The van der Waals surface area contributed by atoms with Crippen molar-refractivity contribution in [2.45, 2.75) is 13.1 Å². The number of halogens is 2. The van der Waals surface area contributed by atoms with Crippen LogP contribution in [0.15, 0.2) is 41.0 Å². The molecular weight excluding hydrogens is 315 g/mol. The van der Waals surface area contributed by atoms with Crippen molar-refractivity contribution in [3.05, 3.63) is 52.9 Å². The van der Waals surface area contributed by atoms with Crippen LogP contribution in [-0.4, -0.2) is 12.5 Å². The molecule has 0 spiro atoms. The van der Waals surface area contributed by atoms with E-state index in [0.717, 1.165) is 11.3 Å². The minimum atomic E-state index is -0.519. The zero-order valence-electron chi connectivity index (χ0n) is 11.2. The molecule has 0 fully saturated rings. The smallest absolute Gasteiger partial charge is 0.255 e. The Kier molecular flexibility index (Phi) is 7.08. The lowest BCUT2D eigenvalue weighted by Gasteiger charge is -2.11. The number of hydrogen-bond donors (Lipinski definition) is 2. The van der Waals surface area contributed by atoms with E-state index in [0.29, 0.717) is 23.9 Å².